The van der Waals surface area contributed by atoms with Crippen molar-refractivity contribution in [3.63, 3.8) is 0 Å². The summed E-state index contributed by atoms with van der Waals surface area (Å²) in [6, 6.07) is 28.1. The first-order chi connectivity index (χ1) is 16.2. The van der Waals surface area contributed by atoms with Crippen LogP contribution in [0, 0.1) is 6.92 Å². The van der Waals surface area contributed by atoms with Crippen LogP contribution >= 0.6 is 11.8 Å². The molecule has 164 valence electrons. The molecule has 2 aliphatic rings. The molecule has 3 aromatic rings. The molecule has 3 aromatic carbocycles. The Balaban J connectivity index is 1.73. The van der Waals surface area contributed by atoms with Crippen LogP contribution in [0.15, 0.2) is 101 Å². The summed E-state index contributed by atoms with van der Waals surface area (Å²) in [5.74, 6) is -0.340. The monoisotopic (exact) mass is 452 g/mol. The van der Waals surface area contributed by atoms with Gasteiger partial charge in [0.1, 0.15) is 0 Å². The van der Waals surface area contributed by atoms with Crippen molar-refractivity contribution in [2.75, 3.05) is 6.61 Å². The third-order valence-corrected chi connectivity index (χ3v) is 6.58. The van der Waals surface area contributed by atoms with Crippen molar-refractivity contribution in [3.8, 4) is 0 Å². The second-order valence-corrected chi connectivity index (χ2v) is 8.75. The number of hydrogen-bond donors (Lipinski definition) is 0. The van der Waals surface area contributed by atoms with Crippen molar-refractivity contribution in [3.05, 3.63) is 118 Å². The summed E-state index contributed by atoms with van der Waals surface area (Å²) in [6.07, 6.45) is 0. The fourth-order valence-electron chi connectivity index (χ4n) is 4.19. The minimum Gasteiger partial charge on any atom is -0.463 e. The third-order valence-electron chi connectivity index (χ3n) is 5.74. The number of esters is 1. The van der Waals surface area contributed by atoms with E-state index in [0.717, 1.165) is 27.6 Å². The Labute approximate surface area is 198 Å². The third kappa shape index (κ3) is 4.00. The first-order valence-electron chi connectivity index (χ1n) is 11.0. The van der Waals surface area contributed by atoms with E-state index >= 15 is 0 Å². The number of thioether (sulfide) groups is 1. The van der Waals surface area contributed by atoms with Gasteiger partial charge in [-0.05, 0) is 25.0 Å². The van der Waals surface area contributed by atoms with E-state index in [-0.39, 0.29) is 12.0 Å². The molecule has 0 amide bonds. The minimum atomic E-state index is -0.351. The highest BCUT2D eigenvalue weighted by Gasteiger charge is 2.42. The van der Waals surface area contributed by atoms with E-state index in [2.05, 4.69) is 53.6 Å². The molecule has 0 saturated heterocycles. The molecule has 4 nitrogen and oxygen atoms in total. The van der Waals surface area contributed by atoms with Gasteiger partial charge >= 0.3 is 5.97 Å². The molecule has 5 rings (SSSR count). The summed E-state index contributed by atoms with van der Waals surface area (Å²) in [4.78, 5) is 20.6. The molecule has 0 unspecified atom stereocenters. The molecular weight excluding hydrogens is 428 g/mol. The van der Waals surface area contributed by atoms with Crippen molar-refractivity contribution >= 4 is 34.3 Å². The quantitative estimate of drug-likeness (QED) is 0.419. The summed E-state index contributed by atoms with van der Waals surface area (Å²) in [5, 5.41) is 2.97. The molecule has 33 heavy (non-hydrogen) atoms. The van der Waals surface area contributed by atoms with Crippen LogP contribution in [0.25, 0.3) is 11.4 Å². The van der Waals surface area contributed by atoms with Crippen LogP contribution < -0.4 is 0 Å². The van der Waals surface area contributed by atoms with Crippen molar-refractivity contribution in [1.82, 2.24) is 4.90 Å². The van der Waals surface area contributed by atoms with Crippen LogP contribution in [0.1, 0.15) is 35.2 Å². The first-order valence-corrected chi connectivity index (χ1v) is 11.9. The lowest BCUT2D eigenvalue weighted by atomic mass is 9.91. The Hall–Kier alpha value is -3.57. The number of rotatable bonds is 5. The lowest BCUT2D eigenvalue weighted by molar-refractivity contribution is -0.139. The zero-order valence-corrected chi connectivity index (χ0v) is 19.4. The normalized spacial score (nSPS) is 17.4. The number of carbonyl (C=O) groups excluding carboxylic acids is 1. The number of carbonyl (C=O) groups is 1. The van der Waals surface area contributed by atoms with Crippen LogP contribution in [0.5, 0.6) is 0 Å². The molecule has 1 atom stereocenters. The molecule has 0 N–H and O–H groups in total. The number of aliphatic imine (C=N–C) groups is 1. The summed E-state index contributed by atoms with van der Waals surface area (Å²) in [6.45, 7) is 4.22. The lowest BCUT2D eigenvalue weighted by Crippen LogP contribution is -2.36. The van der Waals surface area contributed by atoms with Crippen LogP contribution in [-0.2, 0) is 9.53 Å². The highest BCUT2D eigenvalue weighted by molar-refractivity contribution is 8.16. The predicted octanol–water partition coefficient (Wildman–Crippen LogP) is 6.43. The van der Waals surface area contributed by atoms with E-state index in [4.69, 9.17) is 9.73 Å². The van der Waals surface area contributed by atoms with Gasteiger partial charge < -0.3 is 9.64 Å². The van der Waals surface area contributed by atoms with Crippen molar-refractivity contribution in [2.24, 2.45) is 4.99 Å². The van der Waals surface area contributed by atoms with Gasteiger partial charge in [-0.15, -0.1) is 0 Å². The van der Waals surface area contributed by atoms with E-state index in [0.29, 0.717) is 17.9 Å². The molecule has 2 heterocycles. The van der Waals surface area contributed by atoms with Gasteiger partial charge in [-0.25, -0.2) is 9.79 Å². The maximum absolute atomic E-state index is 13.4. The molecule has 0 aliphatic carbocycles. The van der Waals surface area contributed by atoms with Gasteiger partial charge in [-0.3, -0.25) is 0 Å². The van der Waals surface area contributed by atoms with Crippen molar-refractivity contribution in [2.45, 2.75) is 19.9 Å². The largest absolute Gasteiger partial charge is 0.463 e. The number of nitrogens with zero attached hydrogens (tertiary/aromatic N) is 2. The fourth-order valence-corrected chi connectivity index (χ4v) is 5.11. The first kappa shape index (κ1) is 21.3. The van der Waals surface area contributed by atoms with E-state index in [1.54, 1.807) is 11.8 Å². The van der Waals surface area contributed by atoms with Crippen LogP contribution in [0.3, 0.4) is 0 Å². The Morgan fingerprint density at radius 3 is 2.27 bits per heavy atom. The van der Waals surface area contributed by atoms with Gasteiger partial charge in [0, 0.05) is 11.0 Å². The Kier molecular flexibility index (Phi) is 5.88. The highest BCUT2D eigenvalue weighted by atomic mass is 32.2. The van der Waals surface area contributed by atoms with Crippen molar-refractivity contribution < 1.29 is 9.53 Å². The average Bonchev–Trinajstić information content (AvgIpc) is 3.28. The summed E-state index contributed by atoms with van der Waals surface area (Å²) in [5.41, 5.74) is 6.46. The molecule has 0 spiro atoms. The van der Waals surface area contributed by atoms with Crippen LogP contribution in [-0.4, -0.2) is 22.6 Å². The van der Waals surface area contributed by atoms with E-state index in [1.807, 2.05) is 55.5 Å². The predicted molar refractivity (Wildman–Crippen MR) is 135 cm³/mol. The van der Waals surface area contributed by atoms with Crippen LogP contribution in [0.2, 0.25) is 0 Å². The molecule has 2 aliphatic heterocycles. The number of fused-ring (bicyclic) bond motifs is 1. The van der Waals surface area contributed by atoms with Crippen molar-refractivity contribution in [1.29, 1.82) is 0 Å². The molecule has 0 radical (unpaired) electrons. The number of aryl methyl sites for hydroxylation is 1. The average molecular weight is 453 g/mol. The second kappa shape index (κ2) is 9.12. The van der Waals surface area contributed by atoms with Crippen LogP contribution in [0.4, 0.5) is 0 Å². The summed E-state index contributed by atoms with van der Waals surface area (Å²) < 4.78 is 5.57. The van der Waals surface area contributed by atoms with Gasteiger partial charge in [0.2, 0.25) is 0 Å². The Morgan fingerprint density at radius 2 is 1.61 bits per heavy atom. The Morgan fingerprint density at radius 1 is 0.939 bits per heavy atom. The number of hydrogen-bond acceptors (Lipinski definition) is 5. The van der Waals surface area contributed by atoms with Gasteiger partial charge in [-0.1, -0.05) is 102 Å². The van der Waals surface area contributed by atoms with Gasteiger partial charge in [0.05, 0.1) is 29.6 Å². The van der Waals surface area contributed by atoms with E-state index in [1.165, 1.54) is 5.56 Å². The van der Waals surface area contributed by atoms with Gasteiger partial charge in [-0.2, -0.15) is 0 Å². The molecule has 0 fully saturated rings. The number of benzene rings is 3. The minimum absolute atomic E-state index is 0.303. The molecule has 0 aromatic heterocycles. The maximum atomic E-state index is 13.4. The maximum Gasteiger partial charge on any atom is 0.338 e. The standard InChI is InChI=1S/C28H24N2O2S/c1-3-32-27(31)24-25(21-10-6-4-7-11-21)29-28-30(26(24)22-12-8-5-9-13-22)23(18-33-28)20-16-14-19(2)15-17-20/h4-18,26H,3H2,1-2H3/t26-/m1/s1. The molecule has 0 bridgehead atoms. The zero-order valence-electron chi connectivity index (χ0n) is 18.6. The highest BCUT2D eigenvalue weighted by Crippen LogP contribution is 2.48. The van der Waals surface area contributed by atoms with Gasteiger partial charge in [0.25, 0.3) is 0 Å². The smallest absolute Gasteiger partial charge is 0.338 e. The fraction of sp³-hybridized carbons (Fsp3) is 0.143. The summed E-state index contributed by atoms with van der Waals surface area (Å²) >= 11 is 1.58. The summed E-state index contributed by atoms with van der Waals surface area (Å²) in [7, 11) is 0. The van der Waals surface area contributed by atoms with E-state index < -0.39 is 0 Å². The Bertz CT molecular complexity index is 1260. The molecule has 5 heteroatoms. The SMILES string of the molecule is CCOC(=O)C1=C(c2ccccc2)N=C2SC=C(c3ccc(C)cc3)N2[C@@H]1c1ccccc1. The topological polar surface area (TPSA) is 41.9 Å². The number of amidine groups is 1. The zero-order chi connectivity index (χ0) is 22.8. The second-order valence-electron chi connectivity index (χ2n) is 7.91. The lowest BCUT2D eigenvalue weighted by Gasteiger charge is -2.37. The van der Waals surface area contributed by atoms with Gasteiger partial charge in [0.15, 0.2) is 5.17 Å². The van der Waals surface area contributed by atoms with E-state index in [9.17, 15) is 4.79 Å². The molecular formula is C28H24N2O2S. The molecule has 0 saturated carbocycles. The number of ether oxygens (including phenoxy) is 1.